The van der Waals surface area contributed by atoms with Crippen LogP contribution < -0.4 is 10.2 Å². The highest BCUT2D eigenvalue weighted by atomic mass is 32.1. The van der Waals surface area contributed by atoms with E-state index in [1.54, 1.807) is 24.0 Å². The first-order chi connectivity index (χ1) is 9.83. The lowest BCUT2D eigenvalue weighted by molar-refractivity contribution is -0.120. The first kappa shape index (κ1) is 12.9. The minimum atomic E-state index is 0.0128. The Hall–Kier alpha value is -2.09. The highest BCUT2D eigenvalue weighted by Crippen LogP contribution is 2.22. The third-order valence-corrected chi connectivity index (χ3v) is 3.90. The van der Waals surface area contributed by atoms with E-state index in [-0.39, 0.29) is 11.8 Å². The average Bonchev–Trinajstić information content (AvgIpc) is 3.01. The maximum Gasteiger partial charge on any atom is 0.229 e. The molecule has 0 radical (unpaired) electrons. The second-order valence-electron chi connectivity index (χ2n) is 4.54. The van der Waals surface area contributed by atoms with Crippen molar-refractivity contribution in [1.82, 2.24) is 20.2 Å². The third kappa shape index (κ3) is 2.90. The van der Waals surface area contributed by atoms with Crippen LogP contribution in [0, 0.1) is 5.92 Å². The summed E-state index contributed by atoms with van der Waals surface area (Å²) < 4.78 is 0. The van der Waals surface area contributed by atoms with Crippen LogP contribution in [0.15, 0.2) is 24.0 Å². The average molecular weight is 290 g/mol. The molecular weight excluding hydrogens is 276 g/mol. The van der Waals surface area contributed by atoms with Gasteiger partial charge in [-0.2, -0.15) is 0 Å². The number of hydrogen-bond acceptors (Lipinski definition) is 7. The predicted molar refractivity (Wildman–Crippen MR) is 75.5 cm³/mol. The number of carbonyl (C=O) groups excluding carboxylic acids is 1. The van der Waals surface area contributed by atoms with E-state index in [4.69, 9.17) is 0 Å². The van der Waals surface area contributed by atoms with Gasteiger partial charge in [0, 0.05) is 31.4 Å². The van der Waals surface area contributed by atoms with E-state index in [0.29, 0.717) is 5.13 Å². The van der Waals surface area contributed by atoms with Gasteiger partial charge in [-0.25, -0.2) is 9.97 Å². The zero-order valence-corrected chi connectivity index (χ0v) is 11.6. The Labute approximate surface area is 120 Å². The van der Waals surface area contributed by atoms with Crippen molar-refractivity contribution in [2.45, 2.75) is 12.8 Å². The molecule has 0 aliphatic carbocycles. The molecule has 1 N–H and O–H groups in total. The van der Waals surface area contributed by atoms with Crippen LogP contribution in [-0.4, -0.2) is 39.2 Å². The zero-order valence-electron chi connectivity index (χ0n) is 10.8. The standard InChI is InChI=1S/C12H14N6OS/c19-10(16-12-17-15-8-20-12)9-2-6-18(7-3-9)11-13-4-1-5-14-11/h1,4-5,8-9H,2-3,6-7H2,(H,16,17,19). The molecule has 1 aliphatic heterocycles. The van der Waals surface area contributed by atoms with Crippen molar-refractivity contribution in [2.75, 3.05) is 23.3 Å². The lowest BCUT2D eigenvalue weighted by Gasteiger charge is -2.30. The van der Waals surface area contributed by atoms with Gasteiger partial charge >= 0.3 is 0 Å². The number of amides is 1. The molecule has 8 heteroatoms. The minimum Gasteiger partial charge on any atom is -0.341 e. The summed E-state index contributed by atoms with van der Waals surface area (Å²) in [5.74, 6) is 0.768. The SMILES string of the molecule is O=C(Nc1nncs1)C1CCN(c2ncccn2)CC1. The fraction of sp³-hybridized carbons (Fsp3) is 0.417. The van der Waals surface area contributed by atoms with Crippen LogP contribution in [0.4, 0.5) is 11.1 Å². The fourth-order valence-electron chi connectivity index (χ4n) is 2.23. The minimum absolute atomic E-state index is 0.0128. The molecule has 0 spiro atoms. The number of nitrogens with one attached hydrogen (secondary N) is 1. The summed E-state index contributed by atoms with van der Waals surface area (Å²) in [6.45, 7) is 1.58. The van der Waals surface area contributed by atoms with Gasteiger partial charge in [-0.15, -0.1) is 10.2 Å². The van der Waals surface area contributed by atoms with Crippen LogP contribution in [0.5, 0.6) is 0 Å². The smallest absolute Gasteiger partial charge is 0.229 e. The molecule has 3 heterocycles. The molecule has 2 aromatic heterocycles. The Bertz CT molecular complexity index is 553. The molecule has 0 bridgehead atoms. The van der Waals surface area contributed by atoms with Gasteiger partial charge in [-0.3, -0.25) is 4.79 Å². The fourth-order valence-corrected chi connectivity index (χ4v) is 2.68. The van der Waals surface area contributed by atoms with Crippen LogP contribution >= 0.6 is 11.3 Å². The number of rotatable bonds is 3. The molecule has 0 unspecified atom stereocenters. The highest BCUT2D eigenvalue weighted by molar-refractivity contribution is 7.13. The Balaban J connectivity index is 1.54. The van der Waals surface area contributed by atoms with E-state index >= 15 is 0 Å². The predicted octanol–water partition coefficient (Wildman–Crippen LogP) is 1.18. The summed E-state index contributed by atoms with van der Waals surface area (Å²) in [4.78, 5) is 22.7. The molecule has 0 aromatic carbocycles. The number of aromatic nitrogens is 4. The number of carbonyl (C=O) groups is 1. The quantitative estimate of drug-likeness (QED) is 0.914. The second-order valence-corrected chi connectivity index (χ2v) is 5.38. The topological polar surface area (TPSA) is 83.9 Å². The van der Waals surface area contributed by atoms with Gasteiger partial charge in [0.15, 0.2) is 0 Å². The zero-order chi connectivity index (χ0) is 13.8. The Morgan fingerprint density at radius 2 is 2.05 bits per heavy atom. The molecule has 3 rings (SSSR count). The molecule has 0 atom stereocenters. The summed E-state index contributed by atoms with van der Waals surface area (Å²) in [7, 11) is 0. The van der Waals surface area contributed by atoms with Crippen molar-refractivity contribution in [3.63, 3.8) is 0 Å². The highest BCUT2D eigenvalue weighted by Gasteiger charge is 2.26. The Morgan fingerprint density at radius 1 is 1.30 bits per heavy atom. The van der Waals surface area contributed by atoms with Gasteiger partial charge in [-0.05, 0) is 18.9 Å². The van der Waals surface area contributed by atoms with E-state index in [9.17, 15) is 4.79 Å². The lowest BCUT2D eigenvalue weighted by Crippen LogP contribution is -2.39. The maximum atomic E-state index is 12.1. The molecule has 1 saturated heterocycles. The number of hydrogen-bond donors (Lipinski definition) is 1. The first-order valence-corrected chi connectivity index (χ1v) is 7.30. The van der Waals surface area contributed by atoms with Gasteiger partial charge in [0.25, 0.3) is 0 Å². The monoisotopic (exact) mass is 290 g/mol. The molecule has 20 heavy (non-hydrogen) atoms. The lowest BCUT2D eigenvalue weighted by atomic mass is 9.96. The van der Waals surface area contributed by atoms with Gasteiger partial charge in [-0.1, -0.05) is 11.3 Å². The van der Waals surface area contributed by atoms with Crippen LogP contribution in [0.1, 0.15) is 12.8 Å². The normalized spacial score (nSPS) is 16.1. The summed E-state index contributed by atoms with van der Waals surface area (Å²) in [5.41, 5.74) is 1.60. The molecular formula is C12H14N6OS. The van der Waals surface area contributed by atoms with Crippen molar-refractivity contribution in [1.29, 1.82) is 0 Å². The number of anilines is 2. The van der Waals surface area contributed by atoms with Crippen molar-refractivity contribution in [3.8, 4) is 0 Å². The van der Waals surface area contributed by atoms with Crippen molar-refractivity contribution >= 4 is 28.3 Å². The number of nitrogens with zero attached hydrogens (tertiary/aromatic N) is 5. The molecule has 104 valence electrons. The second kappa shape index (κ2) is 5.91. The maximum absolute atomic E-state index is 12.1. The van der Waals surface area contributed by atoms with Gasteiger partial charge in [0.2, 0.25) is 17.0 Å². The molecule has 2 aromatic rings. The van der Waals surface area contributed by atoms with E-state index in [1.165, 1.54) is 11.3 Å². The third-order valence-electron chi connectivity index (χ3n) is 3.29. The van der Waals surface area contributed by atoms with Crippen molar-refractivity contribution in [3.05, 3.63) is 24.0 Å². The van der Waals surface area contributed by atoms with Crippen LogP contribution in [0.3, 0.4) is 0 Å². The Morgan fingerprint density at radius 3 is 2.70 bits per heavy atom. The van der Waals surface area contributed by atoms with E-state index in [1.807, 2.05) is 0 Å². The van der Waals surface area contributed by atoms with E-state index < -0.39 is 0 Å². The summed E-state index contributed by atoms with van der Waals surface area (Å²) >= 11 is 1.33. The van der Waals surface area contributed by atoms with Crippen molar-refractivity contribution < 1.29 is 4.79 Å². The van der Waals surface area contributed by atoms with Crippen LogP contribution in [-0.2, 0) is 4.79 Å². The van der Waals surface area contributed by atoms with Crippen LogP contribution in [0.2, 0.25) is 0 Å². The molecule has 1 aliphatic rings. The molecule has 7 nitrogen and oxygen atoms in total. The van der Waals surface area contributed by atoms with Gasteiger partial charge in [0.1, 0.15) is 5.51 Å². The van der Waals surface area contributed by atoms with E-state index in [2.05, 4.69) is 30.4 Å². The first-order valence-electron chi connectivity index (χ1n) is 6.42. The van der Waals surface area contributed by atoms with Crippen LogP contribution in [0.25, 0.3) is 0 Å². The van der Waals surface area contributed by atoms with E-state index in [0.717, 1.165) is 31.9 Å². The molecule has 1 fully saturated rings. The Kier molecular flexibility index (Phi) is 3.82. The van der Waals surface area contributed by atoms with Crippen molar-refractivity contribution in [2.24, 2.45) is 5.92 Å². The summed E-state index contributed by atoms with van der Waals surface area (Å²) in [6, 6.07) is 1.80. The van der Waals surface area contributed by atoms with Gasteiger partial charge in [0.05, 0.1) is 0 Å². The summed E-state index contributed by atoms with van der Waals surface area (Å²) in [5, 5.41) is 10.9. The molecule has 0 saturated carbocycles. The largest absolute Gasteiger partial charge is 0.341 e. The summed E-state index contributed by atoms with van der Waals surface area (Å²) in [6.07, 6.45) is 5.05. The number of piperidine rings is 1. The van der Waals surface area contributed by atoms with Gasteiger partial charge < -0.3 is 10.2 Å². The molecule has 1 amide bonds.